The number of carboxylic acids is 2. The molecule has 14 heteroatoms. The Morgan fingerprint density at radius 1 is 0.577 bits per heavy atom. The number of benzene rings is 2. The van der Waals surface area contributed by atoms with Gasteiger partial charge in [-0.1, -0.05) is 24.3 Å². The molecule has 8 bridgehead atoms. The van der Waals surface area contributed by atoms with Crippen LogP contribution in [-0.4, -0.2) is 68.9 Å². The minimum Gasteiger partial charge on any atom is -0.480 e. The second-order valence-electron chi connectivity index (χ2n) is 11.4. The van der Waals surface area contributed by atoms with Gasteiger partial charge in [0.2, 0.25) is 0 Å². The number of carbonyl (C=O) groups is 2. The molecule has 0 saturated carbocycles. The summed E-state index contributed by atoms with van der Waals surface area (Å²) in [6, 6.07) is 22.7. The highest BCUT2D eigenvalue weighted by molar-refractivity contribution is 9.11. The number of aromatic nitrogens is 4. The van der Waals surface area contributed by atoms with Crippen LogP contribution in [0.2, 0.25) is 0 Å². The van der Waals surface area contributed by atoms with Gasteiger partial charge in [0.25, 0.3) is 0 Å². The van der Waals surface area contributed by atoms with Crippen molar-refractivity contribution in [2.24, 2.45) is 0 Å². The van der Waals surface area contributed by atoms with Crippen molar-refractivity contribution in [3.63, 3.8) is 0 Å². The number of H-pyrrole nitrogens is 2. The van der Waals surface area contributed by atoms with E-state index in [0.29, 0.717) is 34.3 Å². The summed E-state index contributed by atoms with van der Waals surface area (Å²) in [5.41, 5.74) is 9.26. The highest BCUT2D eigenvalue weighted by Gasteiger charge is 2.17. The van der Waals surface area contributed by atoms with Crippen LogP contribution in [0, 0.1) is 0 Å². The average molecular weight is 828 g/mol. The van der Waals surface area contributed by atoms with Crippen molar-refractivity contribution in [1.29, 1.82) is 0 Å². The molecule has 0 unspecified atom stereocenters. The molecule has 2 aromatic carbocycles. The van der Waals surface area contributed by atoms with E-state index in [-0.39, 0.29) is 13.6 Å². The first-order valence-corrected chi connectivity index (χ1v) is 17.3. The molecule has 0 atom stereocenters. The molecule has 12 nitrogen and oxygen atoms in total. The van der Waals surface area contributed by atoms with Gasteiger partial charge in [-0.3, -0.25) is 0 Å². The standard InChI is InChI=1S/C38H28Br2N4O8/c39-37-29-11-7-25(41-29)35(21-3-1-5-23(15-21)51-19-49-17-33(45)46)26-8-12-30(42-26)38(40)32-14-10-28(44-32)36(27-9-13-31(37)43-27)22-4-2-6-24(16-22)52-20-50-18-34(47)48/h1-16,41,44H,17-20H2,(H,45,46)(H,47,48). The maximum absolute atomic E-state index is 10.8. The minimum atomic E-state index is -1.08. The Labute approximate surface area is 312 Å². The van der Waals surface area contributed by atoms with Gasteiger partial charge in [0.1, 0.15) is 24.7 Å². The molecule has 0 aliphatic carbocycles. The van der Waals surface area contributed by atoms with E-state index in [1.54, 1.807) is 12.1 Å². The van der Waals surface area contributed by atoms with Crippen molar-refractivity contribution in [3.8, 4) is 33.8 Å². The van der Waals surface area contributed by atoms with Crippen molar-refractivity contribution in [2.75, 3.05) is 26.8 Å². The Morgan fingerprint density at radius 3 is 1.40 bits per heavy atom. The summed E-state index contributed by atoms with van der Waals surface area (Å²) in [5, 5.41) is 17.8. The summed E-state index contributed by atoms with van der Waals surface area (Å²) in [6.07, 6.45) is 7.77. The summed E-state index contributed by atoms with van der Waals surface area (Å²) in [5.74, 6) is -1.15. The van der Waals surface area contributed by atoms with Crippen LogP contribution >= 0.6 is 31.9 Å². The van der Waals surface area contributed by atoms with Crippen molar-refractivity contribution >= 4 is 90.2 Å². The van der Waals surface area contributed by atoms with Crippen LogP contribution in [0.5, 0.6) is 11.5 Å². The van der Waals surface area contributed by atoms with Crippen LogP contribution in [0.1, 0.15) is 22.8 Å². The first kappa shape index (κ1) is 34.9. The fraction of sp³-hybridized carbons (Fsp3) is 0.105. The zero-order valence-electron chi connectivity index (χ0n) is 27.1. The summed E-state index contributed by atoms with van der Waals surface area (Å²) in [6.45, 7) is -1.35. The van der Waals surface area contributed by atoms with Gasteiger partial charge in [0, 0.05) is 22.2 Å². The highest BCUT2D eigenvalue weighted by Crippen LogP contribution is 2.37. The molecule has 2 aliphatic heterocycles. The van der Waals surface area contributed by atoms with Crippen LogP contribution < -0.4 is 9.47 Å². The summed E-state index contributed by atoms with van der Waals surface area (Å²) in [4.78, 5) is 38.8. The molecule has 5 aromatic rings. The molecular formula is C38H28Br2N4O8. The minimum absolute atomic E-state index is 0.213. The Kier molecular flexibility index (Phi) is 10.3. The van der Waals surface area contributed by atoms with Gasteiger partial charge in [0.05, 0.1) is 42.8 Å². The Morgan fingerprint density at radius 2 is 0.981 bits per heavy atom. The number of rotatable bonds is 12. The van der Waals surface area contributed by atoms with E-state index in [1.165, 1.54) is 0 Å². The molecular weight excluding hydrogens is 800 g/mol. The molecule has 2 aliphatic rings. The third-order valence-electron chi connectivity index (χ3n) is 7.94. The van der Waals surface area contributed by atoms with E-state index in [4.69, 9.17) is 39.1 Å². The lowest BCUT2D eigenvalue weighted by molar-refractivity contribution is -0.145. The van der Waals surface area contributed by atoms with Gasteiger partial charge in [-0.05, 0) is 116 Å². The number of carboxylic acid groups (broad SMARTS) is 2. The van der Waals surface area contributed by atoms with Crippen LogP contribution in [0.25, 0.3) is 68.6 Å². The summed E-state index contributed by atoms with van der Waals surface area (Å²) >= 11 is 7.58. The number of ether oxygens (including phenoxy) is 4. The topological polar surface area (TPSA) is 169 Å². The lowest BCUT2D eigenvalue weighted by Crippen LogP contribution is -2.11. The van der Waals surface area contributed by atoms with Gasteiger partial charge in [0.15, 0.2) is 13.6 Å². The monoisotopic (exact) mass is 826 g/mol. The molecule has 0 spiro atoms. The van der Waals surface area contributed by atoms with E-state index in [0.717, 1.165) is 53.3 Å². The van der Waals surface area contributed by atoms with Crippen molar-refractivity contribution in [3.05, 3.63) is 105 Å². The molecule has 52 heavy (non-hydrogen) atoms. The van der Waals surface area contributed by atoms with Crippen molar-refractivity contribution in [1.82, 2.24) is 19.9 Å². The zero-order valence-corrected chi connectivity index (χ0v) is 30.2. The van der Waals surface area contributed by atoms with Crippen LogP contribution in [-0.2, 0) is 19.1 Å². The van der Waals surface area contributed by atoms with E-state index in [9.17, 15) is 9.59 Å². The fourth-order valence-electron chi connectivity index (χ4n) is 5.70. The number of nitrogens with one attached hydrogen (secondary N) is 2. The molecule has 0 saturated heterocycles. The molecule has 0 amide bonds. The third-order valence-corrected chi connectivity index (χ3v) is 9.61. The van der Waals surface area contributed by atoms with E-state index in [2.05, 4.69) is 41.8 Å². The largest absolute Gasteiger partial charge is 0.480 e. The Hall–Kier alpha value is -5.54. The lowest BCUT2D eigenvalue weighted by Gasteiger charge is -2.09. The molecule has 3 aromatic heterocycles. The van der Waals surface area contributed by atoms with Gasteiger partial charge in [-0.2, -0.15) is 0 Å². The summed E-state index contributed by atoms with van der Waals surface area (Å²) in [7, 11) is 0. The normalized spacial score (nSPS) is 11.9. The maximum Gasteiger partial charge on any atom is 0.329 e. The smallest absolute Gasteiger partial charge is 0.329 e. The van der Waals surface area contributed by atoms with Gasteiger partial charge in [-0.15, -0.1) is 0 Å². The number of hydrogen-bond acceptors (Lipinski definition) is 8. The zero-order chi connectivity index (χ0) is 36.2. The Bertz CT molecular complexity index is 2270. The van der Waals surface area contributed by atoms with Gasteiger partial charge in [-0.25, -0.2) is 19.6 Å². The van der Waals surface area contributed by atoms with Crippen LogP contribution in [0.3, 0.4) is 0 Å². The molecule has 4 N–H and O–H groups in total. The molecule has 5 heterocycles. The lowest BCUT2D eigenvalue weighted by atomic mass is 10.0. The second-order valence-corrected chi connectivity index (χ2v) is 13.0. The first-order chi connectivity index (χ1) is 25.2. The van der Waals surface area contributed by atoms with Gasteiger partial charge < -0.3 is 39.1 Å². The van der Waals surface area contributed by atoms with E-state index in [1.807, 2.05) is 85.0 Å². The van der Waals surface area contributed by atoms with E-state index >= 15 is 0 Å². The third kappa shape index (κ3) is 7.70. The Balaban J connectivity index is 1.39. The predicted octanol–water partition coefficient (Wildman–Crippen LogP) is 8.39. The molecule has 0 radical (unpaired) electrons. The number of aromatic amines is 2. The van der Waals surface area contributed by atoms with Crippen molar-refractivity contribution < 1.29 is 38.7 Å². The number of fused-ring (bicyclic) bond motifs is 8. The van der Waals surface area contributed by atoms with Crippen LogP contribution in [0.4, 0.5) is 0 Å². The number of nitrogens with zero attached hydrogens (tertiary/aromatic N) is 2. The number of hydrogen-bond donors (Lipinski definition) is 4. The average Bonchev–Trinajstić information content (AvgIpc) is 3.97. The fourth-order valence-corrected chi connectivity index (χ4v) is 6.61. The van der Waals surface area contributed by atoms with Crippen LogP contribution in [0.15, 0.2) is 81.7 Å². The molecule has 0 fully saturated rings. The quantitative estimate of drug-likeness (QED) is 0.0694. The molecule has 7 rings (SSSR count). The predicted molar refractivity (Wildman–Crippen MR) is 203 cm³/mol. The van der Waals surface area contributed by atoms with Gasteiger partial charge >= 0.3 is 11.9 Å². The first-order valence-electron chi connectivity index (χ1n) is 15.8. The van der Waals surface area contributed by atoms with E-state index < -0.39 is 25.2 Å². The summed E-state index contributed by atoms with van der Waals surface area (Å²) < 4.78 is 23.0. The number of halogens is 2. The highest BCUT2D eigenvalue weighted by atomic mass is 79.9. The SMILES string of the molecule is O=C(O)COCOc1cccc(-c2c3nc(c(Br)c4ccc([nH]4)c(-c4cccc(OCOCC(=O)O)c4)c4nc(c(Br)c5ccc2[nH]5)C=C4)C=C3)c1. The molecule has 262 valence electrons. The number of aliphatic carboxylic acids is 2. The maximum atomic E-state index is 10.8. The van der Waals surface area contributed by atoms with Crippen molar-refractivity contribution in [2.45, 2.75) is 0 Å². The second kappa shape index (κ2) is 15.4.